The number of rotatable bonds is 7. The molecule has 0 aliphatic carbocycles. The van der Waals surface area contributed by atoms with Crippen LogP contribution >= 0.6 is 11.8 Å². The summed E-state index contributed by atoms with van der Waals surface area (Å²) in [5.74, 6) is 1.47. The van der Waals surface area contributed by atoms with Crippen LogP contribution in [0.15, 0.2) is 48.5 Å². The third-order valence-electron chi connectivity index (χ3n) is 4.34. The van der Waals surface area contributed by atoms with Crippen LogP contribution in [0.2, 0.25) is 0 Å². The van der Waals surface area contributed by atoms with Gasteiger partial charge in [-0.1, -0.05) is 38.1 Å². The minimum absolute atomic E-state index is 0.000786. The first kappa shape index (κ1) is 20.3. The fourth-order valence-electron chi connectivity index (χ4n) is 3.22. The summed E-state index contributed by atoms with van der Waals surface area (Å²) in [7, 11) is 0. The average Bonchev–Trinajstić information content (AvgIpc) is 3.03. The summed E-state index contributed by atoms with van der Waals surface area (Å²) in [4.78, 5) is 26.6. The van der Waals surface area contributed by atoms with Crippen molar-refractivity contribution in [2.45, 2.75) is 32.6 Å². The molecule has 28 heavy (non-hydrogen) atoms. The van der Waals surface area contributed by atoms with Crippen LogP contribution in [-0.4, -0.2) is 24.2 Å². The van der Waals surface area contributed by atoms with Gasteiger partial charge in [0.1, 0.15) is 11.1 Å². The summed E-state index contributed by atoms with van der Waals surface area (Å²) in [5, 5.41) is 2.80. The van der Waals surface area contributed by atoms with E-state index in [4.69, 9.17) is 4.74 Å². The van der Waals surface area contributed by atoms with E-state index in [0.29, 0.717) is 30.4 Å². The van der Waals surface area contributed by atoms with Crippen molar-refractivity contribution in [1.82, 2.24) is 0 Å². The van der Waals surface area contributed by atoms with Crippen molar-refractivity contribution in [1.29, 1.82) is 0 Å². The monoisotopic (exact) mass is 398 g/mol. The number of ether oxygens (including phenoxy) is 1. The van der Waals surface area contributed by atoms with Gasteiger partial charge in [-0.25, -0.2) is 0 Å². The summed E-state index contributed by atoms with van der Waals surface area (Å²) in [5.41, 5.74) is 2.50. The van der Waals surface area contributed by atoms with Crippen molar-refractivity contribution in [3.8, 4) is 5.75 Å². The molecule has 0 bridgehead atoms. The zero-order valence-corrected chi connectivity index (χ0v) is 17.3. The molecule has 148 valence electrons. The maximum Gasteiger partial charge on any atom is 0.238 e. The largest absolute Gasteiger partial charge is 0.492 e. The molecule has 1 saturated heterocycles. The van der Waals surface area contributed by atoms with Crippen molar-refractivity contribution in [3.63, 3.8) is 0 Å². The van der Waals surface area contributed by atoms with Crippen LogP contribution < -0.4 is 15.0 Å². The molecule has 0 saturated carbocycles. The molecule has 2 aromatic rings. The van der Waals surface area contributed by atoms with E-state index in [1.807, 2.05) is 69.3 Å². The lowest BCUT2D eigenvalue weighted by molar-refractivity contribution is -0.117. The number of hydrogen-bond acceptors (Lipinski definition) is 4. The Bertz CT molecular complexity index is 853. The van der Waals surface area contributed by atoms with Crippen LogP contribution in [0.3, 0.4) is 0 Å². The minimum atomic E-state index is -0.156. The molecular formula is C22H26N2O3S. The molecular weight excluding hydrogens is 372 g/mol. The van der Waals surface area contributed by atoms with E-state index < -0.39 is 0 Å². The van der Waals surface area contributed by atoms with Crippen LogP contribution in [0.4, 0.5) is 11.4 Å². The standard InChI is InChI=1S/C22H26N2O3S/c1-4-27-19-11-6-5-10-18(19)24-21(26)14-28-22(24)16-8-7-9-17(13-16)23-20(25)12-15(2)3/h5-11,13,15,22H,4,12,14H2,1-3H3,(H,23,25)/t22-/m1/s1. The van der Waals surface area contributed by atoms with Gasteiger partial charge in [0.2, 0.25) is 11.8 Å². The molecule has 5 nitrogen and oxygen atoms in total. The summed E-state index contributed by atoms with van der Waals surface area (Å²) in [6, 6.07) is 15.3. The number of benzene rings is 2. The summed E-state index contributed by atoms with van der Waals surface area (Å²) in [6.45, 7) is 6.50. The van der Waals surface area contributed by atoms with Crippen molar-refractivity contribution in [3.05, 3.63) is 54.1 Å². The average molecular weight is 399 g/mol. The highest BCUT2D eigenvalue weighted by Gasteiger charge is 2.35. The fourth-order valence-corrected chi connectivity index (χ4v) is 4.38. The van der Waals surface area contributed by atoms with Crippen LogP contribution in [0.5, 0.6) is 5.75 Å². The van der Waals surface area contributed by atoms with Crippen LogP contribution in [0.25, 0.3) is 0 Å². The second-order valence-corrected chi connectivity index (χ2v) is 8.17. The number of para-hydroxylation sites is 2. The normalized spacial score (nSPS) is 16.5. The van der Waals surface area contributed by atoms with E-state index >= 15 is 0 Å². The number of hydrogen-bond donors (Lipinski definition) is 1. The highest BCUT2D eigenvalue weighted by molar-refractivity contribution is 8.00. The smallest absolute Gasteiger partial charge is 0.238 e. The van der Waals surface area contributed by atoms with Gasteiger partial charge in [0.15, 0.2) is 0 Å². The molecule has 1 aliphatic heterocycles. The Morgan fingerprint density at radius 1 is 1.25 bits per heavy atom. The first-order valence-corrected chi connectivity index (χ1v) is 10.6. The van der Waals surface area contributed by atoms with Gasteiger partial charge >= 0.3 is 0 Å². The molecule has 1 aliphatic rings. The number of anilines is 2. The SMILES string of the molecule is CCOc1ccccc1N1C(=O)CS[C@@H]1c1cccc(NC(=O)CC(C)C)c1. The number of carbonyl (C=O) groups is 2. The molecule has 2 aromatic carbocycles. The van der Waals surface area contributed by atoms with Gasteiger partial charge in [-0.2, -0.15) is 0 Å². The third kappa shape index (κ3) is 4.68. The highest BCUT2D eigenvalue weighted by atomic mass is 32.2. The Morgan fingerprint density at radius 3 is 2.79 bits per heavy atom. The molecule has 1 N–H and O–H groups in total. The number of nitrogens with zero attached hydrogens (tertiary/aromatic N) is 1. The maximum absolute atomic E-state index is 12.7. The van der Waals surface area contributed by atoms with Gasteiger partial charge < -0.3 is 10.1 Å². The first-order valence-electron chi connectivity index (χ1n) is 9.55. The van der Waals surface area contributed by atoms with E-state index in [1.165, 1.54) is 0 Å². The number of nitrogens with one attached hydrogen (secondary N) is 1. The van der Waals surface area contributed by atoms with Gasteiger partial charge in [-0.3, -0.25) is 14.5 Å². The molecule has 6 heteroatoms. The zero-order chi connectivity index (χ0) is 20.1. The second kappa shape index (κ2) is 9.15. The molecule has 0 aromatic heterocycles. The van der Waals surface area contributed by atoms with E-state index in [1.54, 1.807) is 16.7 Å². The molecule has 1 fully saturated rings. The number of amides is 2. The molecule has 1 heterocycles. The summed E-state index contributed by atoms with van der Waals surface area (Å²) < 4.78 is 5.74. The predicted octanol–water partition coefficient (Wildman–Crippen LogP) is 4.85. The zero-order valence-electron chi connectivity index (χ0n) is 16.5. The molecule has 0 unspecified atom stereocenters. The third-order valence-corrected chi connectivity index (χ3v) is 5.55. The molecule has 0 spiro atoms. The number of carbonyl (C=O) groups excluding carboxylic acids is 2. The minimum Gasteiger partial charge on any atom is -0.492 e. The lowest BCUT2D eigenvalue weighted by Crippen LogP contribution is -2.28. The lowest BCUT2D eigenvalue weighted by atomic mass is 10.1. The van der Waals surface area contributed by atoms with Gasteiger partial charge in [0.05, 0.1) is 18.0 Å². The van der Waals surface area contributed by atoms with Crippen LogP contribution in [-0.2, 0) is 9.59 Å². The molecule has 0 radical (unpaired) electrons. The van der Waals surface area contributed by atoms with Gasteiger partial charge in [-0.15, -0.1) is 11.8 Å². The molecule has 1 atom stereocenters. The van der Waals surface area contributed by atoms with Crippen molar-refractivity contribution in [2.24, 2.45) is 5.92 Å². The quantitative estimate of drug-likeness (QED) is 0.724. The van der Waals surface area contributed by atoms with Gasteiger partial charge in [0.25, 0.3) is 0 Å². The van der Waals surface area contributed by atoms with Gasteiger partial charge in [0, 0.05) is 12.1 Å². The topological polar surface area (TPSA) is 58.6 Å². The van der Waals surface area contributed by atoms with Crippen LogP contribution in [0, 0.1) is 5.92 Å². The van der Waals surface area contributed by atoms with Gasteiger partial charge in [-0.05, 0) is 42.7 Å². The fraction of sp³-hybridized carbons (Fsp3) is 0.364. The Kier molecular flexibility index (Phi) is 6.62. The van der Waals surface area contributed by atoms with E-state index in [0.717, 1.165) is 16.9 Å². The van der Waals surface area contributed by atoms with E-state index in [-0.39, 0.29) is 17.2 Å². The Balaban J connectivity index is 1.87. The number of thioether (sulfide) groups is 1. The first-order chi connectivity index (χ1) is 13.5. The Morgan fingerprint density at radius 2 is 2.04 bits per heavy atom. The van der Waals surface area contributed by atoms with Crippen molar-refractivity contribution < 1.29 is 14.3 Å². The van der Waals surface area contributed by atoms with E-state index in [2.05, 4.69) is 5.32 Å². The van der Waals surface area contributed by atoms with Crippen LogP contribution in [0.1, 0.15) is 38.1 Å². The Labute approximate surface area is 170 Å². The highest BCUT2D eigenvalue weighted by Crippen LogP contribution is 2.45. The molecule has 3 rings (SSSR count). The summed E-state index contributed by atoms with van der Waals surface area (Å²) in [6.07, 6.45) is 0.481. The van der Waals surface area contributed by atoms with E-state index in [9.17, 15) is 9.59 Å². The lowest BCUT2D eigenvalue weighted by Gasteiger charge is -2.26. The Hall–Kier alpha value is -2.47. The summed E-state index contributed by atoms with van der Waals surface area (Å²) >= 11 is 1.58. The van der Waals surface area contributed by atoms with Crippen molar-refractivity contribution >= 4 is 35.0 Å². The maximum atomic E-state index is 12.7. The van der Waals surface area contributed by atoms with Crippen molar-refractivity contribution in [2.75, 3.05) is 22.6 Å². The second-order valence-electron chi connectivity index (χ2n) is 7.10. The predicted molar refractivity (Wildman–Crippen MR) is 115 cm³/mol. The molecule has 2 amide bonds.